The van der Waals surface area contributed by atoms with Crippen LogP contribution in [-0.4, -0.2) is 32.4 Å². The van der Waals surface area contributed by atoms with Crippen molar-refractivity contribution in [3.8, 4) is 17.2 Å². The molecule has 1 unspecified atom stereocenters. The molecule has 1 aliphatic heterocycles. The summed E-state index contributed by atoms with van der Waals surface area (Å²) in [5, 5.41) is 13.7. The molecule has 1 fully saturated rings. The van der Waals surface area contributed by atoms with Crippen LogP contribution in [0.25, 0.3) is 0 Å². The molecule has 1 aromatic carbocycles. The maximum Gasteiger partial charge on any atom is 0.183 e. The van der Waals surface area contributed by atoms with Crippen LogP contribution in [0.4, 0.5) is 0 Å². The van der Waals surface area contributed by atoms with Gasteiger partial charge in [-0.25, -0.2) is 0 Å². The van der Waals surface area contributed by atoms with Crippen molar-refractivity contribution < 1.29 is 14.6 Å². The number of phenols is 1. The summed E-state index contributed by atoms with van der Waals surface area (Å²) in [4.78, 5) is 0. The number of piperidine rings is 1. The second kappa shape index (κ2) is 5.67. The summed E-state index contributed by atoms with van der Waals surface area (Å²) in [5.41, 5.74) is 0.824. The SMILES string of the molecule is COc1cc(C2CCCNC2)c(O)c(Cl)c1OC. The molecule has 0 aliphatic carbocycles. The van der Waals surface area contributed by atoms with Gasteiger partial charge in [0.2, 0.25) is 0 Å². The lowest BCUT2D eigenvalue weighted by Gasteiger charge is -2.25. The second-order valence-corrected chi connectivity index (χ2v) is 4.79. The zero-order chi connectivity index (χ0) is 13.1. The monoisotopic (exact) mass is 271 g/mol. The molecule has 0 spiro atoms. The zero-order valence-corrected chi connectivity index (χ0v) is 11.4. The normalized spacial score (nSPS) is 19.6. The number of hydrogen-bond acceptors (Lipinski definition) is 4. The van der Waals surface area contributed by atoms with Crippen molar-refractivity contribution in [1.82, 2.24) is 5.32 Å². The lowest BCUT2D eigenvalue weighted by Crippen LogP contribution is -2.28. The minimum Gasteiger partial charge on any atom is -0.506 e. The lowest BCUT2D eigenvalue weighted by atomic mass is 9.90. The highest BCUT2D eigenvalue weighted by atomic mass is 35.5. The number of nitrogens with one attached hydrogen (secondary N) is 1. The average Bonchev–Trinajstić information content (AvgIpc) is 2.42. The second-order valence-electron chi connectivity index (χ2n) is 4.41. The highest BCUT2D eigenvalue weighted by Crippen LogP contribution is 2.46. The molecule has 1 atom stereocenters. The zero-order valence-electron chi connectivity index (χ0n) is 10.6. The Bertz CT molecular complexity index is 431. The molecule has 0 aromatic heterocycles. The van der Waals surface area contributed by atoms with Crippen LogP contribution in [0, 0.1) is 0 Å². The van der Waals surface area contributed by atoms with Gasteiger partial charge >= 0.3 is 0 Å². The smallest absolute Gasteiger partial charge is 0.183 e. The molecule has 0 radical (unpaired) electrons. The molecule has 1 aliphatic rings. The van der Waals surface area contributed by atoms with Crippen LogP contribution >= 0.6 is 11.6 Å². The van der Waals surface area contributed by atoms with Gasteiger partial charge in [-0.15, -0.1) is 0 Å². The Hall–Kier alpha value is -1.13. The number of halogens is 1. The molecule has 4 nitrogen and oxygen atoms in total. The van der Waals surface area contributed by atoms with E-state index in [1.165, 1.54) is 7.11 Å². The van der Waals surface area contributed by atoms with Gasteiger partial charge in [0.15, 0.2) is 11.5 Å². The van der Waals surface area contributed by atoms with Gasteiger partial charge in [0.25, 0.3) is 0 Å². The standard InChI is InChI=1S/C13H18ClNO3/c1-17-10-6-9(8-4-3-5-15-7-8)12(16)11(14)13(10)18-2/h6,8,15-16H,3-5,7H2,1-2H3. The van der Waals surface area contributed by atoms with E-state index in [4.69, 9.17) is 21.1 Å². The Morgan fingerprint density at radius 2 is 2.17 bits per heavy atom. The summed E-state index contributed by atoms with van der Waals surface area (Å²) in [6.07, 6.45) is 2.13. The van der Waals surface area contributed by atoms with Crippen LogP contribution in [0.1, 0.15) is 24.3 Å². The molecule has 2 N–H and O–H groups in total. The van der Waals surface area contributed by atoms with Gasteiger partial charge in [-0.3, -0.25) is 0 Å². The van der Waals surface area contributed by atoms with Crippen LogP contribution in [-0.2, 0) is 0 Å². The summed E-state index contributed by atoms with van der Waals surface area (Å²) in [6, 6.07) is 1.82. The van der Waals surface area contributed by atoms with Crippen molar-refractivity contribution in [1.29, 1.82) is 0 Å². The number of methoxy groups -OCH3 is 2. The van der Waals surface area contributed by atoms with Crippen molar-refractivity contribution in [2.45, 2.75) is 18.8 Å². The van der Waals surface area contributed by atoms with Crippen LogP contribution in [0.3, 0.4) is 0 Å². The molecule has 1 aromatic rings. The van der Waals surface area contributed by atoms with Crippen molar-refractivity contribution in [2.75, 3.05) is 27.3 Å². The molecule has 2 rings (SSSR count). The minimum atomic E-state index is 0.100. The molecule has 0 bridgehead atoms. The maximum absolute atomic E-state index is 10.2. The molecule has 1 saturated heterocycles. The highest BCUT2D eigenvalue weighted by Gasteiger charge is 2.24. The first-order valence-corrected chi connectivity index (χ1v) is 6.40. The number of benzene rings is 1. The lowest BCUT2D eigenvalue weighted by molar-refractivity contribution is 0.348. The van der Waals surface area contributed by atoms with E-state index in [1.807, 2.05) is 6.07 Å². The third-order valence-electron chi connectivity index (χ3n) is 3.35. The van der Waals surface area contributed by atoms with E-state index in [0.717, 1.165) is 31.5 Å². The molecule has 0 saturated carbocycles. The van der Waals surface area contributed by atoms with Crippen LogP contribution < -0.4 is 14.8 Å². The van der Waals surface area contributed by atoms with Gasteiger partial charge in [-0.1, -0.05) is 11.6 Å². The Morgan fingerprint density at radius 1 is 1.39 bits per heavy atom. The third-order valence-corrected chi connectivity index (χ3v) is 3.70. The molecular weight excluding hydrogens is 254 g/mol. The topological polar surface area (TPSA) is 50.7 Å². The molecule has 18 heavy (non-hydrogen) atoms. The Labute approximate surface area is 112 Å². The van der Waals surface area contributed by atoms with Gasteiger partial charge in [0, 0.05) is 18.0 Å². The van der Waals surface area contributed by atoms with E-state index in [-0.39, 0.29) is 16.7 Å². The average molecular weight is 272 g/mol. The molecule has 100 valence electrons. The fraction of sp³-hybridized carbons (Fsp3) is 0.538. The number of aromatic hydroxyl groups is 1. The summed E-state index contributed by atoms with van der Waals surface area (Å²) in [6.45, 7) is 1.87. The molecule has 1 heterocycles. The molecular formula is C13H18ClNO3. The summed E-state index contributed by atoms with van der Waals surface area (Å²) in [7, 11) is 3.07. The predicted octanol–water partition coefficient (Wildman–Crippen LogP) is 2.53. The van der Waals surface area contributed by atoms with E-state index in [9.17, 15) is 5.11 Å². The largest absolute Gasteiger partial charge is 0.506 e. The first-order chi connectivity index (χ1) is 8.69. The van der Waals surface area contributed by atoms with Crippen molar-refractivity contribution in [3.05, 3.63) is 16.7 Å². The fourth-order valence-electron chi connectivity index (χ4n) is 2.39. The number of ether oxygens (including phenoxy) is 2. The predicted molar refractivity (Wildman–Crippen MR) is 71.1 cm³/mol. The molecule has 5 heteroatoms. The maximum atomic E-state index is 10.2. The minimum absolute atomic E-state index is 0.100. The van der Waals surface area contributed by atoms with Gasteiger partial charge in [-0.2, -0.15) is 0 Å². The van der Waals surface area contributed by atoms with Crippen molar-refractivity contribution in [2.24, 2.45) is 0 Å². The number of phenolic OH excluding ortho intramolecular Hbond substituents is 1. The van der Waals surface area contributed by atoms with E-state index in [0.29, 0.717) is 11.5 Å². The first-order valence-electron chi connectivity index (χ1n) is 6.03. The van der Waals surface area contributed by atoms with Gasteiger partial charge < -0.3 is 19.9 Å². The highest BCUT2D eigenvalue weighted by molar-refractivity contribution is 6.33. The summed E-state index contributed by atoms with van der Waals surface area (Å²) in [5.74, 6) is 1.30. The quantitative estimate of drug-likeness (QED) is 0.887. The van der Waals surface area contributed by atoms with Crippen LogP contribution in [0.5, 0.6) is 17.2 Å². The van der Waals surface area contributed by atoms with Crippen molar-refractivity contribution >= 4 is 11.6 Å². The fourth-order valence-corrected chi connectivity index (χ4v) is 2.67. The van der Waals surface area contributed by atoms with E-state index in [1.54, 1.807) is 7.11 Å². The summed E-state index contributed by atoms with van der Waals surface area (Å²) < 4.78 is 10.4. The van der Waals surface area contributed by atoms with Crippen LogP contribution in [0.2, 0.25) is 5.02 Å². The van der Waals surface area contributed by atoms with Crippen molar-refractivity contribution in [3.63, 3.8) is 0 Å². The van der Waals surface area contributed by atoms with E-state index < -0.39 is 0 Å². The summed E-state index contributed by atoms with van der Waals surface area (Å²) >= 11 is 6.13. The van der Waals surface area contributed by atoms with Gasteiger partial charge in [0.1, 0.15) is 10.8 Å². The molecule has 0 amide bonds. The Kier molecular flexibility index (Phi) is 4.19. The van der Waals surface area contributed by atoms with E-state index in [2.05, 4.69) is 5.32 Å². The Balaban J connectivity index is 2.44. The van der Waals surface area contributed by atoms with Crippen LogP contribution in [0.15, 0.2) is 6.07 Å². The van der Waals surface area contributed by atoms with Gasteiger partial charge in [0.05, 0.1) is 14.2 Å². The number of hydrogen-bond donors (Lipinski definition) is 2. The van der Waals surface area contributed by atoms with Gasteiger partial charge in [-0.05, 0) is 25.5 Å². The third kappa shape index (κ3) is 2.35. The number of rotatable bonds is 3. The first kappa shape index (κ1) is 13.3. The van der Waals surface area contributed by atoms with E-state index >= 15 is 0 Å². The Morgan fingerprint density at radius 3 is 2.72 bits per heavy atom.